The van der Waals surface area contributed by atoms with E-state index >= 15 is 0 Å². The number of hydrogen-bond acceptors (Lipinski definition) is 3. The lowest BCUT2D eigenvalue weighted by atomic mass is 10.1. The third kappa shape index (κ3) is 4.21. The van der Waals surface area contributed by atoms with Crippen LogP contribution in [0.25, 0.3) is 0 Å². The van der Waals surface area contributed by atoms with Crippen molar-refractivity contribution in [1.29, 1.82) is 0 Å². The highest BCUT2D eigenvalue weighted by atomic mass is 79.9. The predicted molar refractivity (Wildman–Crippen MR) is 76.2 cm³/mol. The Hall–Kier alpha value is -0.160. The van der Waals surface area contributed by atoms with Crippen molar-refractivity contribution in [1.82, 2.24) is 9.88 Å². The second-order valence-electron chi connectivity index (χ2n) is 4.52. The van der Waals surface area contributed by atoms with E-state index in [0.29, 0.717) is 6.04 Å². The standard InChI is InChI=1S/C12H18BrN3.ClH/c1-16(12(6-14)9-2-3-9)8-11-5-4-10(13)7-15-11;/h4-5,7,9,12H,2-3,6,8,14H2,1H3;1H. The van der Waals surface area contributed by atoms with E-state index in [4.69, 9.17) is 5.73 Å². The maximum Gasteiger partial charge on any atom is 0.0544 e. The van der Waals surface area contributed by atoms with Gasteiger partial charge in [-0.05, 0) is 53.9 Å². The Morgan fingerprint density at radius 2 is 2.24 bits per heavy atom. The third-order valence-electron chi connectivity index (χ3n) is 3.17. The van der Waals surface area contributed by atoms with Crippen LogP contribution >= 0.6 is 28.3 Å². The Balaban J connectivity index is 0.00000144. The van der Waals surface area contributed by atoms with Gasteiger partial charge in [0.25, 0.3) is 0 Å². The Bertz CT molecular complexity index is 340. The zero-order valence-electron chi connectivity index (χ0n) is 9.97. The second-order valence-corrected chi connectivity index (χ2v) is 5.44. The van der Waals surface area contributed by atoms with E-state index in [1.807, 2.05) is 12.3 Å². The number of nitrogens with two attached hydrogens (primary N) is 1. The van der Waals surface area contributed by atoms with Gasteiger partial charge in [-0.15, -0.1) is 12.4 Å². The highest BCUT2D eigenvalue weighted by Gasteiger charge is 2.32. The highest BCUT2D eigenvalue weighted by molar-refractivity contribution is 9.10. The van der Waals surface area contributed by atoms with Crippen LogP contribution in [0.15, 0.2) is 22.8 Å². The van der Waals surface area contributed by atoms with Crippen molar-refractivity contribution in [2.45, 2.75) is 25.4 Å². The van der Waals surface area contributed by atoms with Crippen molar-refractivity contribution in [2.24, 2.45) is 11.7 Å². The lowest BCUT2D eigenvalue weighted by Crippen LogP contribution is -2.39. The molecule has 1 fully saturated rings. The van der Waals surface area contributed by atoms with E-state index in [1.165, 1.54) is 12.8 Å². The molecule has 17 heavy (non-hydrogen) atoms. The van der Waals surface area contributed by atoms with E-state index in [2.05, 4.69) is 38.9 Å². The van der Waals surface area contributed by atoms with Gasteiger partial charge in [0.15, 0.2) is 0 Å². The third-order valence-corrected chi connectivity index (χ3v) is 3.64. The minimum absolute atomic E-state index is 0. The summed E-state index contributed by atoms with van der Waals surface area (Å²) in [6, 6.07) is 4.61. The summed E-state index contributed by atoms with van der Waals surface area (Å²) < 4.78 is 1.02. The van der Waals surface area contributed by atoms with Crippen molar-refractivity contribution in [3.8, 4) is 0 Å². The molecule has 2 N–H and O–H groups in total. The molecule has 0 bridgehead atoms. The fourth-order valence-electron chi connectivity index (χ4n) is 2.09. The number of hydrogen-bond donors (Lipinski definition) is 1. The molecule has 0 amide bonds. The fourth-order valence-corrected chi connectivity index (χ4v) is 2.32. The lowest BCUT2D eigenvalue weighted by molar-refractivity contribution is 0.213. The molecule has 1 aromatic heterocycles. The van der Waals surface area contributed by atoms with Gasteiger partial charge in [-0.2, -0.15) is 0 Å². The van der Waals surface area contributed by atoms with Gasteiger partial charge in [-0.25, -0.2) is 0 Å². The van der Waals surface area contributed by atoms with Crippen LogP contribution in [0.3, 0.4) is 0 Å². The normalized spacial score (nSPS) is 16.7. The Morgan fingerprint density at radius 1 is 1.53 bits per heavy atom. The van der Waals surface area contributed by atoms with E-state index < -0.39 is 0 Å². The quantitative estimate of drug-likeness (QED) is 0.906. The number of aromatic nitrogens is 1. The summed E-state index contributed by atoms with van der Waals surface area (Å²) in [5.41, 5.74) is 6.92. The molecule has 3 nitrogen and oxygen atoms in total. The first-order valence-corrected chi connectivity index (χ1v) is 6.50. The van der Waals surface area contributed by atoms with Gasteiger partial charge in [0.1, 0.15) is 0 Å². The number of likely N-dealkylation sites (N-methyl/N-ethyl adjacent to an activating group) is 1. The summed E-state index contributed by atoms with van der Waals surface area (Å²) >= 11 is 3.39. The summed E-state index contributed by atoms with van der Waals surface area (Å²) in [6.07, 6.45) is 4.51. The molecular weight excluding hydrogens is 302 g/mol. The van der Waals surface area contributed by atoms with Gasteiger partial charge in [0.2, 0.25) is 0 Å². The lowest BCUT2D eigenvalue weighted by Gasteiger charge is -2.26. The molecule has 0 aromatic carbocycles. The summed E-state index contributed by atoms with van der Waals surface area (Å²) in [5, 5.41) is 0. The first-order chi connectivity index (χ1) is 7.70. The molecule has 1 heterocycles. The Labute approximate surface area is 117 Å². The SMILES string of the molecule is CN(Cc1ccc(Br)cn1)C(CN)C1CC1.Cl. The van der Waals surface area contributed by atoms with E-state index in [1.54, 1.807) is 0 Å². The van der Waals surface area contributed by atoms with Gasteiger partial charge in [-0.1, -0.05) is 0 Å². The predicted octanol–water partition coefficient (Wildman–Crippen LogP) is 2.44. The largest absolute Gasteiger partial charge is 0.329 e. The van der Waals surface area contributed by atoms with E-state index in [9.17, 15) is 0 Å². The molecule has 1 saturated carbocycles. The molecule has 96 valence electrons. The van der Waals surface area contributed by atoms with Gasteiger partial charge >= 0.3 is 0 Å². The van der Waals surface area contributed by atoms with Crippen molar-refractivity contribution in [2.75, 3.05) is 13.6 Å². The summed E-state index contributed by atoms with van der Waals surface area (Å²) in [5.74, 6) is 0.811. The summed E-state index contributed by atoms with van der Waals surface area (Å²) in [6.45, 7) is 1.63. The van der Waals surface area contributed by atoms with Gasteiger partial charge in [0.05, 0.1) is 5.69 Å². The number of halogens is 2. The van der Waals surface area contributed by atoms with Crippen LogP contribution in [-0.4, -0.2) is 29.5 Å². The number of pyridine rings is 1. The zero-order chi connectivity index (χ0) is 11.5. The maximum atomic E-state index is 5.82. The summed E-state index contributed by atoms with van der Waals surface area (Å²) in [7, 11) is 2.14. The molecule has 0 saturated heterocycles. The molecule has 1 atom stereocenters. The van der Waals surface area contributed by atoms with E-state index in [0.717, 1.165) is 29.2 Å². The minimum atomic E-state index is 0. The Morgan fingerprint density at radius 3 is 2.71 bits per heavy atom. The Kier molecular flexibility index (Phi) is 5.86. The van der Waals surface area contributed by atoms with Crippen LogP contribution in [0.5, 0.6) is 0 Å². The van der Waals surface area contributed by atoms with Crippen LogP contribution in [0, 0.1) is 5.92 Å². The van der Waals surface area contributed by atoms with Crippen molar-refractivity contribution in [3.63, 3.8) is 0 Å². The van der Waals surface area contributed by atoms with Crippen molar-refractivity contribution >= 4 is 28.3 Å². The highest BCUT2D eigenvalue weighted by Crippen LogP contribution is 2.34. The van der Waals surface area contributed by atoms with Crippen LogP contribution in [0.4, 0.5) is 0 Å². The average Bonchev–Trinajstić information content (AvgIpc) is 3.07. The number of rotatable bonds is 5. The number of nitrogens with zero attached hydrogens (tertiary/aromatic N) is 2. The second kappa shape index (κ2) is 6.69. The van der Waals surface area contributed by atoms with Gasteiger partial charge in [0, 0.05) is 29.8 Å². The molecule has 0 radical (unpaired) electrons. The smallest absolute Gasteiger partial charge is 0.0544 e. The van der Waals surface area contributed by atoms with Crippen LogP contribution < -0.4 is 5.73 Å². The molecule has 1 aliphatic rings. The molecule has 0 aliphatic heterocycles. The van der Waals surface area contributed by atoms with Crippen molar-refractivity contribution < 1.29 is 0 Å². The maximum absolute atomic E-state index is 5.82. The topological polar surface area (TPSA) is 42.2 Å². The van der Waals surface area contributed by atoms with E-state index in [-0.39, 0.29) is 12.4 Å². The molecule has 1 aliphatic carbocycles. The molecular formula is C12H19BrClN3. The zero-order valence-corrected chi connectivity index (χ0v) is 12.4. The van der Waals surface area contributed by atoms with Crippen LogP contribution in [-0.2, 0) is 6.54 Å². The first-order valence-electron chi connectivity index (χ1n) is 5.71. The average molecular weight is 321 g/mol. The molecule has 5 heteroatoms. The van der Waals surface area contributed by atoms with Crippen LogP contribution in [0.2, 0.25) is 0 Å². The minimum Gasteiger partial charge on any atom is -0.329 e. The first kappa shape index (κ1) is 14.9. The molecule has 1 aromatic rings. The monoisotopic (exact) mass is 319 g/mol. The summed E-state index contributed by atoms with van der Waals surface area (Å²) in [4.78, 5) is 6.71. The molecule has 0 spiro atoms. The van der Waals surface area contributed by atoms with Crippen LogP contribution in [0.1, 0.15) is 18.5 Å². The van der Waals surface area contributed by atoms with Gasteiger partial charge < -0.3 is 5.73 Å². The molecule has 1 unspecified atom stereocenters. The fraction of sp³-hybridized carbons (Fsp3) is 0.583. The van der Waals surface area contributed by atoms with Crippen molar-refractivity contribution in [3.05, 3.63) is 28.5 Å². The molecule has 2 rings (SSSR count). The van der Waals surface area contributed by atoms with Gasteiger partial charge in [-0.3, -0.25) is 9.88 Å².